The van der Waals surface area contributed by atoms with Crippen molar-refractivity contribution in [3.05, 3.63) is 51.3 Å². The normalized spacial score (nSPS) is 14.0. The molecule has 0 bridgehead atoms. The summed E-state index contributed by atoms with van der Waals surface area (Å²) in [5.41, 5.74) is -1.27. The van der Waals surface area contributed by atoms with Crippen LogP contribution in [0.4, 0.5) is 19.1 Å². The molecule has 0 spiro atoms. The molecule has 2 aromatic rings. The molecule has 1 amide bonds. The van der Waals surface area contributed by atoms with Gasteiger partial charge in [0.05, 0.1) is 18.8 Å². The van der Waals surface area contributed by atoms with Crippen molar-refractivity contribution in [2.45, 2.75) is 26.6 Å². The van der Waals surface area contributed by atoms with Crippen molar-refractivity contribution in [1.29, 1.82) is 0 Å². The Morgan fingerprint density at radius 3 is 2.50 bits per heavy atom. The average Bonchev–Trinajstić information content (AvgIpc) is 2.74. The number of hydrogen-bond donors (Lipinski definition) is 1. The Morgan fingerprint density at radius 2 is 1.90 bits per heavy atom. The van der Waals surface area contributed by atoms with Crippen molar-refractivity contribution in [2.24, 2.45) is 0 Å². The number of hydrogen-bond acceptors (Lipinski definition) is 5. The van der Waals surface area contributed by atoms with E-state index in [2.05, 4.69) is 15.3 Å². The molecule has 6 nitrogen and oxygen atoms in total. The monoisotopic (exact) mass is 464 g/mol. The van der Waals surface area contributed by atoms with Gasteiger partial charge in [-0.15, -0.1) is 0 Å². The summed E-state index contributed by atoms with van der Waals surface area (Å²) < 4.78 is 45.6. The quantitative estimate of drug-likeness (QED) is 0.695. The summed E-state index contributed by atoms with van der Waals surface area (Å²) in [7, 11) is 0. The number of ether oxygens (including phenoxy) is 1. The van der Waals surface area contributed by atoms with Gasteiger partial charge < -0.3 is 15.0 Å². The molecule has 1 aliphatic heterocycles. The fraction of sp³-hybridized carbons (Fsp3) is 0.421. The van der Waals surface area contributed by atoms with Crippen LogP contribution in [0.25, 0.3) is 0 Å². The van der Waals surface area contributed by atoms with Crippen LogP contribution in [0.5, 0.6) is 0 Å². The van der Waals surface area contributed by atoms with Crippen LogP contribution >= 0.6 is 23.2 Å². The van der Waals surface area contributed by atoms with Gasteiger partial charge >= 0.3 is 6.18 Å². The average molecular weight is 465 g/mol. The third-order valence-electron chi connectivity index (χ3n) is 4.04. The number of amides is 1. The largest absolute Gasteiger partial charge is 0.434 e. The van der Waals surface area contributed by atoms with Crippen LogP contribution in [0.1, 0.15) is 35.5 Å². The summed E-state index contributed by atoms with van der Waals surface area (Å²) in [4.78, 5) is 21.2. The number of benzene rings is 1. The second-order valence-electron chi connectivity index (χ2n) is 5.95. The predicted molar refractivity (Wildman–Crippen MR) is 109 cm³/mol. The highest BCUT2D eigenvalue weighted by Gasteiger charge is 2.39. The second kappa shape index (κ2) is 10.8. The second-order valence-corrected chi connectivity index (χ2v) is 6.79. The van der Waals surface area contributed by atoms with Crippen LogP contribution in [0.15, 0.2) is 24.4 Å². The summed E-state index contributed by atoms with van der Waals surface area (Å²) in [6, 6.07) is 4.77. The minimum atomic E-state index is -4.81. The van der Waals surface area contributed by atoms with E-state index in [-0.39, 0.29) is 38.8 Å². The van der Waals surface area contributed by atoms with Crippen molar-refractivity contribution in [1.82, 2.24) is 14.9 Å². The zero-order valence-corrected chi connectivity index (χ0v) is 17.9. The molecule has 0 aliphatic carbocycles. The first-order chi connectivity index (χ1) is 14.3. The van der Waals surface area contributed by atoms with Crippen molar-refractivity contribution < 1.29 is 22.7 Å². The summed E-state index contributed by atoms with van der Waals surface area (Å²) in [5.74, 6) is -1.04. The molecular formula is C19H21Cl2F3N4O2. The number of rotatable bonds is 4. The molecule has 1 fully saturated rings. The van der Waals surface area contributed by atoms with Crippen LogP contribution in [0.2, 0.25) is 10.0 Å². The Kier molecular flexibility index (Phi) is 8.69. The maximum atomic E-state index is 13.5. The van der Waals surface area contributed by atoms with Gasteiger partial charge in [-0.2, -0.15) is 13.2 Å². The van der Waals surface area contributed by atoms with E-state index in [0.717, 1.165) is 6.20 Å². The standard InChI is InChI=1S/C17H15Cl2F3N4O2.C2H6/c18-11-2-1-10(13(19)7-11)8-23-16-24-9-12(14(25-16)17(20,21)22)15(27)26-3-5-28-6-4-26;1-2/h1-2,7,9H,3-6,8H2,(H,23,24,25);1-2H3. The molecule has 0 unspecified atom stereocenters. The van der Waals surface area contributed by atoms with E-state index in [1.165, 1.54) is 11.0 Å². The van der Waals surface area contributed by atoms with Crippen LogP contribution in [-0.2, 0) is 17.5 Å². The number of halogens is 5. The fourth-order valence-corrected chi connectivity index (χ4v) is 3.09. The van der Waals surface area contributed by atoms with Crippen molar-refractivity contribution in [3.8, 4) is 0 Å². The van der Waals surface area contributed by atoms with E-state index in [4.69, 9.17) is 27.9 Å². The first kappa shape index (κ1) is 24.2. The summed E-state index contributed by atoms with van der Waals surface area (Å²) in [6.07, 6.45) is -3.92. The molecule has 1 aliphatic rings. The summed E-state index contributed by atoms with van der Waals surface area (Å²) in [6.45, 7) is 5.06. The smallest absolute Gasteiger partial charge is 0.378 e. The highest BCUT2D eigenvalue weighted by Crippen LogP contribution is 2.31. The zero-order valence-electron chi connectivity index (χ0n) is 16.4. The number of morpholine rings is 1. The predicted octanol–water partition coefficient (Wildman–Crippen LogP) is 4.91. The van der Waals surface area contributed by atoms with Gasteiger partial charge in [-0.1, -0.05) is 43.1 Å². The molecule has 0 radical (unpaired) electrons. The topological polar surface area (TPSA) is 67.4 Å². The molecule has 30 heavy (non-hydrogen) atoms. The fourth-order valence-electron chi connectivity index (χ4n) is 2.62. The van der Waals surface area contributed by atoms with Crippen LogP contribution in [0, 0.1) is 0 Å². The minimum Gasteiger partial charge on any atom is -0.378 e. The van der Waals surface area contributed by atoms with E-state index in [1.807, 2.05) is 13.8 Å². The summed E-state index contributed by atoms with van der Waals surface area (Å²) >= 11 is 11.9. The Bertz CT molecular complexity index is 875. The number of aromatic nitrogens is 2. The molecule has 0 saturated carbocycles. The third kappa shape index (κ3) is 6.20. The Hall–Kier alpha value is -2.10. The Morgan fingerprint density at radius 1 is 1.23 bits per heavy atom. The highest BCUT2D eigenvalue weighted by molar-refractivity contribution is 6.35. The lowest BCUT2D eigenvalue weighted by atomic mass is 10.2. The minimum absolute atomic E-state index is 0.0874. The van der Waals surface area contributed by atoms with E-state index in [1.54, 1.807) is 12.1 Å². The van der Waals surface area contributed by atoms with Crippen molar-refractivity contribution in [2.75, 3.05) is 31.6 Å². The van der Waals surface area contributed by atoms with Gasteiger partial charge in [-0.3, -0.25) is 4.79 Å². The maximum absolute atomic E-state index is 13.5. The number of nitrogens with one attached hydrogen (secondary N) is 1. The molecular weight excluding hydrogens is 444 g/mol. The van der Waals surface area contributed by atoms with Crippen molar-refractivity contribution >= 4 is 35.1 Å². The number of alkyl halides is 3. The molecule has 164 valence electrons. The van der Waals surface area contributed by atoms with E-state index in [9.17, 15) is 18.0 Å². The Balaban J connectivity index is 0.00000155. The summed E-state index contributed by atoms with van der Waals surface area (Å²) in [5, 5.41) is 3.48. The lowest BCUT2D eigenvalue weighted by molar-refractivity contribution is -0.141. The first-order valence-corrected chi connectivity index (χ1v) is 10.0. The SMILES string of the molecule is CC.O=C(c1cnc(NCc2ccc(Cl)cc2Cl)nc1C(F)(F)F)N1CCOCC1. The third-order valence-corrected chi connectivity index (χ3v) is 4.62. The van der Waals surface area contributed by atoms with E-state index < -0.39 is 23.3 Å². The van der Waals surface area contributed by atoms with Gasteiger partial charge in [0, 0.05) is 35.9 Å². The molecule has 2 heterocycles. The lowest BCUT2D eigenvalue weighted by Crippen LogP contribution is -2.41. The molecule has 3 rings (SSSR count). The number of carbonyl (C=O) groups excluding carboxylic acids is 1. The zero-order chi connectivity index (χ0) is 22.3. The van der Waals surface area contributed by atoms with E-state index >= 15 is 0 Å². The molecule has 1 aromatic carbocycles. The maximum Gasteiger partial charge on any atom is 0.434 e. The van der Waals surface area contributed by atoms with Gasteiger partial charge in [-0.25, -0.2) is 9.97 Å². The van der Waals surface area contributed by atoms with Crippen LogP contribution in [0.3, 0.4) is 0 Å². The number of nitrogens with zero attached hydrogens (tertiary/aromatic N) is 3. The van der Waals surface area contributed by atoms with Gasteiger partial charge in [0.1, 0.15) is 0 Å². The number of carbonyl (C=O) groups is 1. The molecule has 1 aromatic heterocycles. The molecule has 1 N–H and O–H groups in total. The highest BCUT2D eigenvalue weighted by atomic mass is 35.5. The Labute approximate surface area is 182 Å². The van der Waals surface area contributed by atoms with Crippen LogP contribution < -0.4 is 5.32 Å². The molecule has 11 heteroatoms. The molecule has 0 atom stereocenters. The van der Waals surface area contributed by atoms with Gasteiger partial charge in [-0.05, 0) is 17.7 Å². The van der Waals surface area contributed by atoms with Gasteiger partial charge in [0.2, 0.25) is 5.95 Å². The number of anilines is 1. The van der Waals surface area contributed by atoms with Gasteiger partial charge in [0.25, 0.3) is 5.91 Å². The van der Waals surface area contributed by atoms with Crippen LogP contribution in [-0.4, -0.2) is 47.1 Å². The van der Waals surface area contributed by atoms with Crippen molar-refractivity contribution in [3.63, 3.8) is 0 Å². The van der Waals surface area contributed by atoms with Gasteiger partial charge in [0.15, 0.2) is 5.69 Å². The first-order valence-electron chi connectivity index (χ1n) is 9.25. The lowest BCUT2D eigenvalue weighted by Gasteiger charge is -2.27. The molecule has 1 saturated heterocycles. The van der Waals surface area contributed by atoms with E-state index in [0.29, 0.717) is 15.6 Å².